The number of rotatable bonds is 3. The Labute approximate surface area is 194 Å². The molecule has 0 radical (unpaired) electrons. The molecule has 2 N–H and O–H groups in total. The van der Waals surface area contributed by atoms with E-state index in [-0.39, 0.29) is 35.2 Å². The number of nitrogens with zero attached hydrogens (tertiary/aromatic N) is 2. The fourth-order valence-corrected chi connectivity index (χ4v) is 4.01. The fraction of sp³-hybridized carbons (Fsp3) is 0.0800. The van der Waals surface area contributed by atoms with Crippen molar-refractivity contribution in [3.05, 3.63) is 117 Å². The third kappa shape index (κ3) is 3.93. The van der Waals surface area contributed by atoms with Gasteiger partial charge in [-0.15, -0.1) is 0 Å². The van der Waals surface area contributed by atoms with Gasteiger partial charge in [0.2, 0.25) is 5.88 Å². The van der Waals surface area contributed by atoms with Crippen molar-refractivity contribution >= 4 is 11.0 Å². The maximum Gasteiger partial charge on any atom is 0.344 e. The van der Waals surface area contributed by atoms with E-state index in [1.54, 1.807) is 36.4 Å². The first-order valence-electron chi connectivity index (χ1n) is 9.92. The number of allylic oxidation sites excluding steroid dienone is 1. The van der Waals surface area contributed by atoms with Gasteiger partial charge in [-0.05, 0) is 42.5 Å². The molecule has 4 aromatic rings. The van der Waals surface area contributed by atoms with Crippen LogP contribution in [0.1, 0.15) is 22.6 Å². The zero-order valence-corrected chi connectivity index (χ0v) is 17.9. The lowest BCUT2D eigenvalue weighted by atomic mass is 9.84. The average molecular weight is 462 g/mol. The molecule has 1 aliphatic heterocycles. The molecular formula is C25H17ClFN3O3. The van der Waals surface area contributed by atoms with Crippen LogP contribution in [0.2, 0.25) is 0 Å². The van der Waals surface area contributed by atoms with Crippen LogP contribution in [0.3, 0.4) is 0 Å². The van der Waals surface area contributed by atoms with E-state index in [0.29, 0.717) is 28.8 Å². The van der Waals surface area contributed by atoms with Crippen molar-refractivity contribution in [2.24, 2.45) is 5.73 Å². The van der Waals surface area contributed by atoms with Crippen molar-refractivity contribution in [1.82, 2.24) is 0 Å². The average Bonchev–Trinajstić information content (AvgIpc) is 2.80. The number of fused-ring (bicyclic) bond motifs is 3. The summed E-state index contributed by atoms with van der Waals surface area (Å²) in [5.74, 6) is -0.795. The van der Waals surface area contributed by atoms with E-state index in [2.05, 4.69) is 6.07 Å². The number of para-hydroxylation sites is 1. The standard InChI is InChI=1S/C25H17FN3O3.ClH/c26-17-9-7-15(8-10-17)13-29-11-3-4-16(14-29)21-19(12-27)24(28)32-23-18-5-1-2-6-20(18)31-25(30)22(21)23;/h1-11,14,21H,13,28H2;1H/q+1;/p-1. The van der Waals surface area contributed by atoms with Crippen molar-refractivity contribution in [3.8, 4) is 11.8 Å². The van der Waals surface area contributed by atoms with Gasteiger partial charge >= 0.3 is 5.63 Å². The number of nitriles is 1. The molecule has 0 spiro atoms. The molecule has 2 aromatic carbocycles. The zero-order chi connectivity index (χ0) is 22.2. The molecule has 164 valence electrons. The van der Waals surface area contributed by atoms with Gasteiger partial charge in [0.1, 0.15) is 23.0 Å². The minimum Gasteiger partial charge on any atom is -1.00 e. The van der Waals surface area contributed by atoms with Crippen molar-refractivity contribution in [2.45, 2.75) is 12.5 Å². The molecule has 6 nitrogen and oxygen atoms in total. The SMILES string of the molecule is N#CC1=C(N)Oc2c(c(=O)oc3ccccc23)C1c1ccc[n+](Cc2ccc(F)cc2)c1.[Cl-]. The summed E-state index contributed by atoms with van der Waals surface area (Å²) in [6, 6.07) is 19.0. The summed E-state index contributed by atoms with van der Waals surface area (Å²) in [7, 11) is 0. The van der Waals surface area contributed by atoms with Gasteiger partial charge in [0.05, 0.1) is 16.9 Å². The number of pyridine rings is 1. The van der Waals surface area contributed by atoms with Gasteiger partial charge in [-0.25, -0.2) is 13.8 Å². The van der Waals surface area contributed by atoms with Crippen LogP contribution in [0, 0.1) is 17.1 Å². The van der Waals surface area contributed by atoms with Gasteiger partial charge in [0.15, 0.2) is 24.7 Å². The van der Waals surface area contributed by atoms with Gasteiger partial charge in [-0.3, -0.25) is 0 Å². The van der Waals surface area contributed by atoms with Crippen molar-refractivity contribution < 1.29 is 30.5 Å². The van der Waals surface area contributed by atoms with Gasteiger partial charge in [0.25, 0.3) is 0 Å². The summed E-state index contributed by atoms with van der Waals surface area (Å²) in [5, 5.41) is 10.4. The molecule has 0 amide bonds. The Balaban J connectivity index is 0.00000259. The molecule has 5 rings (SSSR count). The van der Waals surface area contributed by atoms with Crippen LogP contribution in [-0.4, -0.2) is 0 Å². The van der Waals surface area contributed by atoms with E-state index in [4.69, 9.17) is 14.9 Å². The van der Waals surface area contributed by atoms with E-state index < -0.39 is 11.5 Å². The largest absolute Gasteiger partial charge is 1.00 e. The van der Waals surface area contributed by atoms with Crippen LogP contribution >= 0.6 is 0 Å². The van der Waals surface area contributed by atoms with E-state index in [1.807, 2.05) is 29.1 Å². The van der Waals surface area contributed by atoms with Crippen molar-refractivity contribution in [3.63, 3.8) is 0 Å². The molecule has 0 aliphatic carbocycles. The Morgan fingerprint density at radius 2 is 1.85 bits per heavy atom. The number of nitrogens with two attached hydrogens (primary N) is 1. The molecule has 0 bridgehead atoms. The summed E-state index contributed by atoms with van der Waals surface area (Å²) >= 11 is 0. The maximum atomic E-state index is 13.2. The summed E-state index contributed by atoms with van der Waals surface area (Å²) < 4.78 is 26.4. The van der Waals surface area contributed by atoms with Crippen LogP contribution in [0.4, 0.5) is 4.39 Å². The summed E-state index contributed by atoms with van der Waals surface area (Å²) in [6.07, 6.45) is 3.69. The Morgan fingerprint density at radius 1 is 1.09 bits per heavy atom. The second kappa shape index (κ2) is 8.77. The molecule has 1 atom stereocenters. The van der Waals surface area contributed by atoms with E-state index in [9.17, 15) is 14.4 Å². The molecule has 0 saturated heterocycles. The highest BCUT2D eigenvalue weighted by atomic mass is 35.5. The smallest absolute Gasteiger partial charge is 0.344 e. The van der Waals surface area contributed by atoms with Gasteiger partial charge < -0.3 is 27.3 Å². The highest BCUT2D eigenvalue weighted by Crippen LogP contribution is 2.43. The second-order valence-electron chi connectivity index (χ2n) is 7.49. The molecular weight excluding hydrogens is 445 g/mol. The highest BCUT2D eigenvalue weighted by molar-refractivity contribution is 5.85. The van der Waals surface area contributed by atoms with E-state index in [0.717, 1.165) is 5.56 Å². The van der Waals surface area contributed by atoms with E-state index in [1.165, 1.54) is 12.1 Å². The first kappa shape index (κ1) is 22.1. The van der Waals surface area contributed by atoms with Crippen LogP contribution in [0.15, 0.2) is 93.7 Å². The summed E-state index contributed by atoms with van der Waals surface area (Å²) in [5.41, 5.74) is 7.86. The number of hydrogen-bond donors (Lipinski definition) is 1. The van der Waals surface area contributed by atoms with Crippen LogP contribution < -0.4 is 33.1 Å². The second-order valence-corrected chi connectivity index (χ2v) is 7.49. The van der Waals surface area contributed by atoms with E-state index >= 15 is 0 Å². The minimum atomic E-state index is -0.745. The maximum absolute atomic E-state index is 13.2. The lowest BCUT2D eigenvalue weighted by molar-refractivity contribution is -0.688. The normalized spacial score (nSPS) is 14.7. The number of benzene rings is 2. The van der Waals surface area contributed by atoms with Gasteiger partial charge in [-0.2, -0.15) is 5.26 Å². The Hall–Kier alpha value is -4.15. The highest BCUT2D eigenvalue weighted by Gasteiger charge is 2.36. The molecule has 0 saturated carbocycles. The van der Waals surface area contributed by atoms with Crippen LogP contribution in [0.25, 0.3) is 11.0 Å². The van der Waals surface area contributed by atoms with Crippen molar-refractivity contribution in [2.75, 3.05) is 0 Å². The number of aromatic nitrogens is 1. The third-order valence-electron chi connectivity index (χ3n) is 5.47. The zero-order valence-electron chi connectivity index (χ0n) is 17.2. The Morgan fingerprint density at radius 3 is 2.61 bits per heavy atom. The third-order valence-corrected chi connectivity index (χ3v) is 5.47. The lowest BCUT2D eigenvalue weighted by Crippen LogP contribution is -3.00. The predicted molar refractivity (Wildman–Crippen MR) is 114 cm³/mol. The molecule has 2 aromatic heterocycles. The monoisotopic (exact) mass is 461 g/mol. The molecule has 1 aliphatic rings. The van der Waals surface area contributed by atoms with Crippen LogP contribution in [-0.2, 0) is 6.54 Å². The first-order valence-corrected chi connectivity index (χ1v) is 9.92. The Bertz CT molecular complexity index is 1490. The topological polar surface area (TPSA) is 93.1 Å². The van der Waals surface area contributed by atoms with Gasteiger partial charge in [0, 0.05) is 17.2 Å². The van der Waals surface area contributed by atoms with Gasteiger partial charge in [-0.1, -0.05) is 12.1 Å². The van der Waals surface area contributed by atoms with Crippen LogP contribution in [0.5, 0.6) is 5.75 Å². The quantitative estimate of drug-likeness (QED) is 0.354. The first-order chi connectivity index (χ1) is 15.5. The minimum absolute atomic E-state index is 0. The summed E-state index contributed by atoms with van der Waals surface area (Å²) in [4.78, 5) is 13.0. The molecule has 1 unspecified atom stereocenters. The summed E-state index contributed by atoms with van der Waals surface area (Å²) in [6.45, 7) is 0.484. The number of hydrogen-bond acceptors (Lipinski definition) is 5. The molecule has 0 fully saturated rings. The molecule has 8 heteroatoms. The molecule has 3 heterocycles. The Kier molecular flexibility index (Phi) is 5.86. The number of halogens is 2. The number of ether oxygens (including phenoxy) is 1. The fourth-order valence-electron chi connectivity index (χ4n) is 4.01. The predicted octanol–water partition coefficient (Wildman–Crippen LogP) is 0.490. The van der Waals surface area contributed by atoms with Crippen molar-refractivity contribution in [1.29, 1.82) is 5.26 Å². The lowest BCUT2D eigenvalue weighted by Gasteiger charge is -2.25. The molecule has 33 heavy (non-hydrogen) atoms.